The van der Waals surface area contributed by atoms with E-state index in [0.29, 0.717) is 21.7 Å². The third-order valence-corrected chi connectivity index (χ3v) is 4.36. The van der Waals surface area contributed by atoms with Crippen LogP contribution < -0.4 is 5.56 Å². The van der Waals surface area contributed by atoms with Gasteiger partial charge in [-0.15, -0.1) is 0 Å². The molecule has 3 nitrogen and oxygen atoms in total. The molecule has 0 aliphatic rings. The van der Waals surface area contributed by atoms with Gasteiger partial charge < -0.3 is 0 Å². The van der Waals surface area contributed by atoms with Crippen LogP contribution in [0.3, 0.4) is 0 Å². The summed E-state index contributed by atoms with van der Waals surface area (Å²) in [6.45, 7) is 0. The molecule has 26 heavy (non-hydrogen) atoms. The predicted molar refractivity (Wildman–Crippen MR) is 108 cm³/mol. The molecule has 1 heterocycles. The minimum Gasteiger partial charge on any atom is -0.268 e. The third kappa shape index (κ3) is 3.17. The maximum Gasteiger partial charge on any atom is 0.266 e. The summed E-state index contributed by atoms with van der Waals surface area (Å²) in [6, 6.07) is 24.4. The first-order chi connectivity index (χ1) is 12.7. The Hall–Kier alpha value is -3.17. The van der Waals surface area contributed by atoms with E-state index in [9.17, 15) is 4.79 Å². The van der Waals surface area contributed by atoms with Crippen LogP contribution in [0.15, 0.2) is 83.7 Å². The Kier molecular flexibility index (Phi) is 4.38. The van der Waals surface area contributed by atoms with Gasteiger partial charge in [0.25, 0.3) is 5.56 Å². The molecule has 0 spiro atoms. The van der Waals surface area contributed by atoms with Crippen molar-refractivity contribution in [3.63, 3.8) is 0 Å². The molecule has 126 valence electrons. The number of halogens is 1. The summed E-state index contributed by atoms with van der Waals surface area (Å²) in [5.74, 6) is 0.579. The first-order valence-corrected chi connectivity index (χ1v) is 8.61. The average molecular weight is 359 g/mol. The van der Waals surface area contributed by atoms with Gasteiger partial charge in [0.2, 0.25) is 0 Å². The lowest BCUT2D eigenvalue weighted by atomic mass is 10.2. The molecule has 0 radical (unpaired) electrons. The Labute approximate surface area is 155 Å². The van der Waals surface area contributed by atoms with E-state index in [0.717, 1.165) is 11.3 Å². The summed E-state index contributed by atoms with van der Waals surface area (Å²) in [5, 5.41) is 1.28. The van der Waals surface area contributed by atoms with E-state index >= 15 is 0 Å². The monoisotopic (exact) mass is 358 g/mol. The van der Waals surface area contributed by atoms with Gasteiger partial charge >= 0.3 is 0 Å². The molecule has 4 heteroatoms. The lowest BCUT2D eigenvalue weighted by molar-refractivity contribution is 0.944. The van der Waals surface area contributed by atoms with Crippen molar-refractivity contribution >= 4 is 34.7 Å². The fourth-order valence-electron chi connectivity index (χ4n) is 2.83. The average Bonchev–Trinajstić information content (AvgIpc) is 2.68. The number of rotatable bonds is 3. The van der Waals surface area contributed by atoms with Gasteiger partial charge in [0.15, 0.2) is 0 Å². The second-order valence-electron chi connectivity index (χ2n) is 5.85. The maximum absolute atomic E-state index is 13.1. The number of para-hydroxylation sites is 2. The Morgan fingerprint density at radius 3 is 2.27 bits per heavy atom. The van der Waals surface area contributed by atoms with Crippen molar-refractivity contribution in [2.75, 3.05) is 0 Å². The van der Waals surface area contributed by atoms with E-state index in [1.807, 2.05) is 84.9 Å². The Morgan fingerprint density at radius 1 is 0.808 bits per heavy atom. The van der Waals surface area contributed by atoms with E-state index in [1.165, 1.54) is 0 Å². The zero-order valence-corrected chi connectivity index (χ0v) is 14.6. The number of aromatic nitrogens is 2. The number of hydrogen-bond acceptors (Lipinski definition) is 2. The molecule has 0 saturated carbocycles. The van der Waals surface area contributed by atoms with Gasteiger partial charge in [-0.1, -0.05) is 60.1 Å². The van der Waals surface area contributed by atoms with E-state index < -0.39 is 0 Å². The molecular formula is C22H15ClN2O. The summed E-state index contributed by atoms with van der Waals surface area (Å²) in [4.78, 5) is 17.8. The zero-order valence-electron chi connectivity index (χ0n) is 13.8. The van der Waals surface area contributed by atoms with E-state index in [4.69, 9.17) is 16.6 Å². The Morgan fingerprint density at radius 2 is 1.50 bits per heavy atom. The van der Waals surface area contributed by atoms with Crippen LogP contribution in [0.25, 0.3) is 28.7 Å². The lowest BCUT2D eigenvalue weighted by Crippen LogP contribution is -2.22. The normalized spacial score (nSPS) is 11.3. The highest BCUT2D eigenvalue weighted by Gasteiger charge is 2.10. The molecule has 0 saturated heterocycles. The summed E-state index contributed by atoms with van der Waals surface area (Å²) < 4.78 is 1.63. The smallest absolute Gasteiger partial charge is 0.266 e. The molecular weight excluding hydrogens is 344 g/mol. The molecule has 0 unspecified atom stereocenters. The number of nitrogens with zero attached hydrogens (tertiary/aromatic N) is 2. The largest absolute Gasteiger partial charge is 0.268 e. The number of fused-ring (bicyclic) bond motifs is 1. The highest BCUT2D eigenvalue weighted by Crippen LogP contribution is 2.16. The topological polar surface area (TPSA) is 34.9 Å². The zero-order chi connectivity index (χ0) is 17.9. The molecule has 1 aromatic heterocycles. The molecule has 0 bridgehead atoms. The van der Waals surface area contributed by atoms with Gasteiger partial charge in [-0.25, -0.2) is 4.98 Å². The molecule has 0 aliphatic carbocycles. The van der Waals surface area contributed by atoms with Crippen LogP contribution >= 0.6 is 11.6 Å². The predicted octanol–water partition coefficient (Wildman–Crippen LogP) is 5.21. The number of benzene rings is 3. The van der Waals surface area contributed by atoms with Crippen molar-refractivity contribution in [2.45, 2.75) is 0 Å². The Bertz CT molecular complexity index is 1150. The van der Waals surface area contributed by atoms with Crippen LogP contribution in [0.4, 0.5) is 0 Å². The minimum atomic E-state index is -0.0856. The van der Waals surface area contributed by atoms with E-state index in [1.54, 1.807) is 10.6 Å². The van der Waals surface area contributed by atoms with Gasteiger partial charge in [-0.2, -0.15) is 0 Å². The maximum atomic E-state index is 13.1. The summed E-state index contributed by atoms with van der Waals surface area (Å²) >= 11 is 5.94. The van der Waals surface area contributed by atoms with Crippen molar-refractivity contribution < 1.29 is 0 Å². The van der Waals surface area contributed by atoms with Gasteiger partial charge in [-0.3, -0.25) is 9.36 Å². The lowest BCUT2D eigenvalue weighted by Gasteiger charge is -2.11. The van der Waals surface area contributed by atoms with Crippen LogP contribution in [0, 0.1) is 0 Å². The summed E-state index contributed by atoms with van der Waals surface area (Å²) in [5.41, 5.74) is 2.36. The van der Waals surface area contributed by atoms with Crippen LogP contribution in [0.5, 0.6) is 0 Å². The molecule has 4 aromatic rings. The van der Waals surface area contributed by atoms with Crippen molar-refractivity contribution in [1.29, 1.82) is 0 Å². The molecule has 4 rings (SSSR count). The molecule has 0 amide bonds. The second kappa shape index (κ2) is 6.98. The van der Waals surface area contributed by atoms with E-state index in [2.05, 4.69) is 0 Å². The van der Waals surface area contributed by atoms with Crippen molar-refractivity contribution in [3.05, 3.63) is 106 Å². The van der Waals surface area contributed by atoms with Gasteiger partial charge in [0.1, 0.15) is 5.82 Å². The van der Waals surface area contributed by atoms with Crippen LogP contribution in [-0.4, -0.2) is 9.55 Å². The van der Waals surface area contributed by atoms with Crippen LogP contribution in [0.1, 0.15) is 11.4 Å². The first kappa shape index (κ1) is 16.3. The van der Waals surface area contributed by atoms with Crippen LogP contribution in [0.2, 0.25) is 5.02 Å². The first-order valence-electron chi connectivity index (χ1n) is 8.23. The fraction of sp³-hybridized carbons (Fsp3) is 0. The summed E-state index contributed by atoms with van der Waals surface area (Å²) in [7, 11) is 0. The second-order valence-corrected chi connectivity index (χ2v) is 6.28. The number of hydrogen-bond donors (Lipinski definition) is 0. The molecule has 0 N–H and O–H groups in total. The van der Waals surface area contributed by atoms with Gasteiger partial charge in [-0.05, 0) is 48.0 Å². The standard InChI is InChI=1S/C22H15ClN2O/c23-17-13-10-16(11-14-17)12-15-21-24-20-9-5-4-8-19(20)22(26)25(21)18-6-2-1-3-7-18/h1-15H/b15-12+. The van der Waals surface area contributed by atoms with Gasteiger partial charge in [0.05, 0.1) is 16.6 Å². The highest BCUT2D eigenvalue weighted by atomic mass is 35.5. The minimum absolute atomic E-state index is 0.0856. The highest BCUT2D eigenvalue weighted by molar-refractivity contribution is 6.30. The SMILES string of the molecule is O=c1c2ccccc2nc(/C=C/c2ccc(Cl)cc2)n1-c1ccccc1. The van der Waals surface area contributed by atoms with Crippen molar-refractivity contribution in [3.8, 4) is 5.69 Å². The van der Waals surface area contributed by atoms with Crippen molar-refractivity contribution in [1.82, 2.24) is 9.55 Å². The van der Waals surface area contributed by atoms with Crippen molar-refractivity contribution in [2.24, 2.45) is 0 Å². The van der Waals surface area contributed by atoms with Gasteiger partial charge in [0, 0.05) is 5.02 Å². The molecule has 0 atom stereocenters. The molecule has 0 fully saturated rings. The molecule has 0 aliphatic heterocycles. The fourth-order valence-corrected chi connectivity index (χ4v) is 2.96. The van der Waals surface area contributed by atoms with Crippen LogP contribution in [-0.2, 0) is 0 Å². The quantitative estimate of drug-likeness (QED) is 0.504. The summed E-state index contributed by atoms with van der Waals surface area (Å²) in [6.07, 6.45) is 3.77. The van der Waals surface area contributed by atoms with E-state index in [-0.39, 0.29) is 5.56 Å². The third-order valence-electron chi connectivity index (χ3n) is 4.11. The Balaban J connectivity index is 1.92. The molecule has 3 aromatic carbocycles.